The third kappa shape index (κ3) is 5.35. The van der Waals surface area contributed by atoms with E-state index in [1.54, 1.807) is 30.5 Å². The first-order valence-corrected chi connectivity index (χ1v) is 10.6. The van der Waals surface area contributed by atoms with E-state index in [9.17, 15) is 9.18 Å². The first-order chi connectivity index (χ1) is 16.4. The highest BCUT2D eigenvalue weighted by molar-refractivity contribution is 5.92. The predicted octanol–water partition coefficient (Wildman–Crippen LogP) is 4.60. The molecule has 0 atom stereocenters. The number of carbonyl (C=O) groups excluding carboxylic acids is 1. The van der Waals surface area contributed by atoms with Gasteiger partial charge in [0.2, 0.25) is 11.8 Å². The van der Waals surface area contributed by atoms with E-state index in [1.807, 2.05) is 43.3 Å². The Morgan fingerprint density at radius 3 is 2.24 bits per heavy atom. The predicted molar refractivity (Wildman–Crippen MR) is 130 cm³/mol. The van der Waals surface area contributed by atoms with Crippen LogP contribution in [-0.2, 0) is 11.2 Å². The molecule has 0 aliphatic rings. The molecule has 0 fully saturated rings. The third-order valence-corrected chi connectivity index (χ3v) is 5.19. The molecule has 7 nitrogen and oxygen atoms in total. The number of hydrogen-bond acceptors (Lipinski definition) is 6. The van der Waals surface area contributed by atoms with Gasteiger partial charge in [0, 0.05) is 43.2 Å². The molecule has 2 heterocycles. The molecular formula is C26H24FN5O2. The molecule has 0 unspecified atom stereocenters. The number of nitrogens with one attached hydrogen (secondary N) is 1. The van der Waals surface area contributed by atoms with Crippen molar-refractivity contribution in [2.75, 3.05) is 31.4 Å². The normalized spacial score (nSPS) is 10.6. The van der Waals surface area contributed by atoms with Gasteiger partial charge in [-0.1, -0.05) is 12.1 Å². The zero-order valence-electron chi connectivity index (χ0n) is 19.1. The number of carbonyl (C=O) groups is 1. The van der Waals surface area contributed by atoms with Crippen molar-refractivity contribution >= 4 is 17.4 Å². The quantitative estimate of drug-likeness (QED) is 0.437. The molecule has 0 saturated carbocycles. The maximum atomic E-state index is 13.4. The standard InChI is InChI=1S/C26H24FN5O2/c1-32(2)21-11-4-17(5-12-21)14-23(33)30-22-16-29-25(18-6-9-20(27)10-7-18)26(31-22)19-8-13-24(34-3)28-15-19/h4-13,15-16H,14H2,1-3H3,(H,30,31,33). The molecule has 0 saturated heterocycles. The van der Waals surface area contributed by atoms with Crippen molar-refractivity contribution in [2.24, 2.45) is 0 Å². The van der Waals surface area contributed by atoms with Crippen molar-refractivity contribution in [3.05, 3.63) is 84.4 Å². The number of nitrogens with zero attached hydrogens (tertiary/aromatic N) is 4. The lowest BCUT2D eigenvalue weighted by atomic mass is 10.1. The lowest BCUT2D eigenvalue weighted by molar-refractivity contribution is -0.115. The third-order valence-electron chi connectivity index (χ3n) is 5.19. The second-order valence-electron chi connectivity index (χ2n) is 7.83. The van der Waals surface area contributed by atoms with Gasteiger partial charge in [-0.25, -0.2) is 14.4 Å². The number of methoxy groups -OCH3 is 1. The summed E-state index contributed by atoms with van der Waals surface area (Å²) in [5, 5.41) is 2.82. The van der Waals surface area contributed by atoms with Crippen molar-refractivity contribution in [1.29, 1.82) is 0 Å². The highest BCUT2D eigenvalue weighted by Gasteiger charge is 2.15. The van der Waals surface area contributed by atoms with E-state index in [2.05, 4.69) is 20.3 Å². The van der Waals surface area contributed by atoms with E-state index >= 15 is 0 Å². The van der Waals surface area contributed by atoms with E-state index in [1.165, 1.54) is 25.4 Å². The minimum Gasteiger partial charge on any atom is -0.481 e. The summed E-state index contributed by atoms with van der Waals surface area (Å²) in [4.78, 5) is 28.1. The van der Waals surface area contributed by atoms with Gasteiger partial charge in [0.05, 0.1) is 25.4 Å². The Morgan fingerprint density at radius 2 is 1.62 bits per heavy atom. The smallest absolute Gasteiger partial charge is 0.229 e. The van der Waals surface area contributed by atoms with Gasteiger partial charge in [-0.05, 0) is 48.0 Å². The zero-order valence-corrected chi connectivity index (χ0v) is 19.1. The summed E-state index contributed by atoms with van der Waals surface area (Å²) in [6, 6.07) is 17.3. The zero-order chi connectivity index (χ0) is 24.1. The molecule has 172 valence electrons. The van der Waals surface area contributed by atoms with Crippen LogP contribution in [0.4, 0.5) is 15.9 Å². The average molecular weight is 458 g/mol. The molecule has 4 rings (SSSR count). The van der Waals surface area contributed by atoms with Crippen LogP contribution in [0.1, 0.15) is 5.56 Å². The Balaban J connectivity index is 1.61. The Bertz CT molecular complexity index is 1270. The van der Waals surface area contributed by atoms with Crippen molar-refractivity contribution in [2.45, 2.75) is 6.42 Å². The number of aromatic nitrogens is 3. The van der Waals surface area contributed by atoms with Crippen molar-refractivity contribution in [3.63, 3.8) is 0 Å². The number of hydrogen-bond donors (Lipinski definition) is 1. The Morgan fingerprint density at radius 1 is 0.912 bits per heavy atom. The first-order valence-electron chi connectivity index (χ1n) is 10.6. The van der Waals surface area contributed by atoms with Crippen LogP contribution in [0.15, 0.2) is 73.1 Å². The van der Waals surface area contributed by atoms with E-state index < -0.39 is 0 Å². The van der Waals surface area contributed by atoms with Crippen LogP contribution in [0, 0.1) is 5.82 Å². The first kappa shape index (κ1) is 22.8. The molecule has 1 amide bonds. The fourth-order valence-electron chi connectivity index (χ4n) is 3.40. The summed E-state index contributed by atoms with van der Waals surface area (Å²) in [5.74, 6) is 0.225. The maximum Gasteiger partial charge on any atom is 0.229 e. The molecule has 0 aliphatic heterocycles. The number of benzene rings is 2. The summed E-state index contributed by atoms with van der Waals surface area (Å²) < 4.78 is 18.6. The number of pyridine rings is 1. The van der Waals surface area contributed by atoms with Gasteiger partial charge in [-0.15, -0.1) is 0 Å². The van der Waals surface area contributed by atoms with Gasteiger partial charge in [-0.3, -0.25) is 9.78 Å². The molecule has 4 aromatic rings. The summed E-state index contributed by atoms with van der Waals surface area (Å²) in [6.45, 7) is 0. The van der Waals surface area contributed by atoms with Crippen LogP contribution >= 0.6 is 0 Å². The SMILES string of the molecule is COc1ccc(-c2nc(NC(=O)Cc3ccc(N(C)C)cc3)cnc2-c2ccc(F)cc2)cn1. The van der Waals surface area contributed by atoms with Gasteiger partial charge >= 0.3 is 0 Å². The number of ether oxygens (including phenoxy) is 1. The van der Waals surface area contributed by atoms with Gasteiger partial charge in [0.15, 0.2) is 5.82 Å². The van der Waals surface area contributed by atoms with Gasteiger partial charge < -0.3 is 15.0 Å². The maximum absolute atomic E-state index is 13.4. The fourth-order valence-corrected chi connectivity index (χ4v) is 3.40. The minimum absolute atomic E-state index is 0.203. The lowest BCUT2D eigenvalue weighted by Crippen LogP contribution is -2.16. The second kappa shape index (κ2) is 10.1. The molecule has 1 N–H and O–H groups in total. The van der Waals surface area contributed by atoms with Crippen molar-refractivity contribution in [1.82, 2.24) is 15.0 Å². The Hall–Kier alpha value is -4.33. The highest BCUT2D eigenvalue weighted by Crippen LogP contribution is 2.30. The Kier molecular flexibility index (Phi) is 6.77. The number of amides is 1. The molecule has 8 heteroatoms. The minimum atomic E-state index is -0.341. The monoisotopic (exact) mass is 457 g/mol. The summed E-state index contributed by atoms with van der Waals surface area (Å²) in [7, 11) is 5.47. The topological polar surface area (TPSA) is 80.2 Å². The van der Waals surface area contributed by atoms with Crippen LogP contribution in [0.5, 0.6) is 5.88 Å². The summed E-state index contributed by atoms with van der Waals surface area (Å²) >= 11 is 0. The average Bonchev–Trinajstić information content (AvgIpc) is 2.85. The highest BCUT2D eigenvalue weighted by atomic mass is 19.1. The summed E-state index contributed by atoms with van der Waals surface area (Å²) in [5.41, 5.74) is 4.38. The molecule has 0 bridgehead atoms. The van der Waals surface area contributed by atoms with Crippen LogP contribution in [0.3, 0.4) is 0 Å². The van der Waals surface area contributed by atoms with E-state index in [0.717, 1.165) is 11.3 Å². The van der Waals surface area contributed by atoms with Gasteiger partial charge in [-0.2, -0.15) is 0 Å². The number of rotatable bonds is 7. The summed E-state index contributed by atoms with van der Waals surface area (Å²) in [6.07, 6.45) is 3.31. The van der Waals surface area contributed by atoms with Gasteiger partial charge in [0.25, 0.3) is 0 Å². The van der Waals surface area contributed by atoms with Crippen LogP contribution in [0.2, 0.25) is 0 Å². The van der Waals surface area contributed by atoms with E-state index in [-0.39, 0.29) is 18.1 Å². The van der Waals surface area contributed by atoms with E-state index in [4.69, 9.17) is 4.74 Å². The second-order valence-corrected chi connectivity index (χ2v) is 7.83. The molecule has 0 radical (unpaired) electrons. The number of anilines is 2. The molecule has 34 heavy (non-hydrogen) atoms. The van der Waals surface area contributed by atoms with Crippen LogP contribution < -0.4 is 15.0 Å². The molecule has 2 aromatic heterocycles. The lowest BCUT2D eigenvalue weighted by Gasteiger charge is -2.13. The van der Waals surface area contributed by atoms with Crippen molar-refractivity contribution in [3.8, 4) is 28.4 Å². The molecule has 0 aliphatic carbocycles. The van der Waals surface area contributed by atoms with Gasteiger partial charge in [0.1, 0.15) is 11.5 Å². The van der Waals surface area contributed by atoms with Crippen LogP contribution in [-0.4, -0.2) is 42.1 Å². The van der Waals surface area contributed by atoms with Crippen molar-refractivity contribution < 1.29 is 13.9 Å². The molecular weight excluding hydrogens is 433 g/mol. The Labute approximate surface area is 197 Å². The molecule has 0 spiro atoms. The van der Waals surface area contributed by atoms with E-state index in [0.29, 0.717) is 34.2 Å². The number of halogens is 1. The fraction of sp³-hybridized carbons (Fsp3) is 0.154. The molecule has 2 aromatic carbocycles. The largest absolute Gasteiger partial charge is 0.481 e. The van der Waals surface area contributed by atoms with Crippen LogP contribution in [0.25, 0.3) is 22.5 Å².